The molecule has 0 aliphatic rings. The van der Waals surface area contributed by atoms with E-state index in [4.69, 9.17) is 0 Å². The molecule has 25 heavy (non-hydrogen) atoms. The average molecular weight is 347 g/mol. The van der Waals surface area contributed by atoms with Crippen molar-refractivity contribution in [3.8, 4) is 0 Å². The van der Waals surface area contributed by atoms with Gasteiger partial charge in [-0.25, -0.2) is 0 Å². The Kier molecular flexibility index (Phi) is 7.61. The van der Waals surface area contributed by atoms with Crippen molar-refractivity contribution in [1.29, 1.82) is 0 Å². The normalized spacial score (nSPS) is 12.2. The van der Waals surface area contributed by atoms with E-state index in [9.17, 15) is 14.4 Å². The zero-order valence-corrected chi connectivity index (χ0v) is 15.7. The van der Waals surface area contributed by atoms with Crippen LogP contribution in [0.1, 0.15) is 57.0 Å². The molecular formula is C19H29N3O3. The summed E-state index contributed by atoms with van der Waals surface area (Å²) in [6.45, 7) is 10.5. The highest BCUT2D eigenvalue weighted by Crippen LogP contribution is 2.22. The smallest absolute Gasteiger partial charge is 0.251 e. The molecule has 0 aromatic heterocycles. The second kappa shape index (κ2) is 9.20. The van der Waals surface area contributed by atoms with Gasteiger partial charge < -0.3 is 16.0 Å². The zero-order valence-electron chi connectivity index (χ0n) is 15.7. The van der Waals surface area contributed by atoms with Crippen LogP contribution in [0.5, 0.6) is 0 Å². The Bertz CT molecular complexity index is 603. The van der Waals surface area contributed by atoms with Gasteiger partial charge in [0.25, 0.3) is 5.91 Å². The number of hydrogen-bond donors (Lipinski definition) is 3. The van der Waals surface area contributed by atoms with Gasteiger partial charge in [0.1, 0.15) is 6.04 Å². The van der Waals surface area contributed by atoms with E-state index in [-0.39, 0.29) is 36.1 Å². The summed E-state index contributed by atoms with van der Waals surface area (Å²) in [4.78, 5) is 35.4. The fourth-order valence-corrected chi connectivity index (χ4v) is 2.22. The number of hydrogen-bond acceptors (Lipinski definition) is 3. The summed E-state index contributed by atoms with van der Waals surface area (Å²) in [6, 6.07) is 6.86. The van der Waals surface area contributed by atoms with Crippen molar-refractivity contribution < 1.29 is 14.4 Å². The molecule has 0 saturated heterocycles. The van der Waals surface area contributed by atoms with E-state index in [0.29, 0.717) is 12.1 Å². The van der Waals surface area contributed by atoms with Crippen LogP contribution in [-0.2, 0) is 15.0 Å². The third kappa shape index (κ3) is 6.95. The summed E-state index contributed by atoms with van der Waals surface area (Å²) in [7, 11) is 0. The van der Waals surface area contributed by atoms with E-state index in [0.717, 1.165) is 5.56 Å². The molecule has 1 aromatic rings. The Balaban J connectivity index is 2.41. The Morgan fingerprint density at radius 2 is 1.64 bits per heavy atom. The van der Waals surface area contributed by atoms with Crippen LogP contribution in [0, 0.1) is 0 Å². The summed E-state index contributed by atoms with van der Waals surface area (Å²) in [5, 5.41) is 7.95. The highest BCUT2D eigenvalue weighted by molar-refractivity contribution is 5.94. The average Bonchev–Trinajstić information content (AvgIpc) is 2.54. The van der Waals surface area contributed by atoms with Gasteiger partial charge in [-0.1, -0.05) is 32.9 Å². The number of amides is 3. The van der Waals surface area contributed by atoms with Gasteiger partial charge in [0.05, 0.1) is 0 Å². The Labute approximate surface area is 149 Å². The van der Waals surface area contributed by atoms with E-state index in [2.05, 4.69) is 36.7 Å². The van der Waals surface area contributed by atoms with Crippen molar-refractivity contribution in [2.75, 3.05) is 13.1 Å². The third-order valence-electron chi connectivity index (χ3n) is 3.77. The molecule has 0 unspecified atom stereocenters. The van der Waals surface area contributed by atoms with Gasteiger partial charge in [-0.3, -0.25) is 14.4 Å². The van der Waals surface area contributed by atoms with Gasteiger partial charge in [0.2, 0.25) is 11.8 Å². The van der Waals surface area contributed by atoms with E-state index in [1.54, 1.807) is 19.1 Å². The largest absolute Gasteiger partial charge is 0.355 e. The van der Waals surface area contributed by atoms with E-state index < -0.39 is 6.04 Å². The SMILES string of the molecule is CCNC(=O)[C@@H](C)NC(=O)CCNC(=O)c1ccc(C(C)(C)C)cc1. The Morgan fingerprint density at radius 3 is 2.16 bits per heavy atom. The van der Waals surface area contributed by atoms with Crippen LogP contribution < -0.4 is 16.0 Å². The predicted octanol–water partition coefficient (Wildman–Crippen LogP) is 1.74. The molecule has 1 aromatic carbocycles. The summed E-state index contributed by atoms with van der Waals surface area (Å²) < 4.78 is 0. The number of rotatable bonds is 7. The molecule has 0 bridgehead atoms. The van der Waals surface area contributed by atoms with Crippen molar-refractivity contribution in [3.05, 3.63) is 35.4 Å². The fraction of sp³-hybridized carbons (Fsp3) is 0.526. The minimum Gasteiger partial charge on any atom is -0.355 e. The highest BCUT2D eigenvalue weighted by Gasteiger charge is 2.16. The number of nitrogens with one attached hydrogen (secondary N) is 3. The van der Waals surface area contributed by atoms with Crippen LogP contribution in [0.2, 0.25) is 0 Å². The molecule has 3 amide bonds. The Morgan fingerprint density at radius 1 is 1.04 bits per heavy atom. The van der Waals surface area contributed by atoms with Crippen LogP contribution in [0.25, 0.3) is 0 Å². The lowest BCUT2D eigenvalue weighted by atomic mass is 9.87. The minimum absolute atomic E-state index is 0.0356. The van der Waals surface area contributed by atoms with Crippen molar-refractivity contribution in [2.45, 2.75) is 52.5 Å². The molecule has 0 aliphatic heterocycles. The van der Waals surface area contributed by atoms with Gasteiger partial charge in [-0.2, -0.15) is 0 Å². The molecular weight excluding hydrogens is 318 g/mol. The Hall–Kier alpha value is -2.37. The second-order valence-electron chi connectivity index (χ2n) is 7.02. The van der Waals surface area contributed by atoms with E-state index >= 15 is 0 Å². The van der Waals surface area contributed by atoms with Crippen LogP contribution in [0.3, 0.4) is 0 Å². The van der Waals surface area contributed by atoms with Gasteiger partial charge in [0, 0.05) is 25.1 Å². The van der Waals surface area contributed by atoms with E-state index in [1.807, 2.05) is 19.1 Å². The highest BCUT2D eigenvalue weighted by atomic mass is 16.2. The van der Waals surface area contributed by atoms with Gasteiger partial charge in [0.15, 0.2) is 0 Å². The maximum Gasteiger partial charge on any atom is 0.251 e. The number of carbonyl (C=O) groups excluding carboxylic acids is 3. The maximum absolute atomic E-state index is 12.1. The van der Waals surface area contributed by atoms with Crippen LogP contribution >= 0.6 is 0 Å². The summed E-state index contributed by atoms with van der Waals surface area (Å²) in [5.74, 6) is -0.717. The topological polar surface area (TPSA) is 87.3 Å². The molecule has 0 aliphatic carbocycles. The quantitative estimate of drug-likeness (QED) is 0.702. The van der Waals surface area contributed by atoms with Crippen molar-refractivity contribution in [2.24, 2.45) is 0 Å². The fourth-order valence-electron chi connectivity index (χ4n) is 2.22. The third-order valence-corrected chi connectivity index (χ3v) is 3.77. The lowest BCUT2D eigenvalue weighted by Gasteiger charge is -2.19. The van der Waals surface area contributed by atoms with Gasteiger partial charge in [-0.05, 0) is 37.0 Å². The molecule has 0 fully saturated rings. The summed E-state index contributed by atoms with van der Waals surface area (Å²) in [6.07, 6.45) is 0.121. The van der Waals surface area contributed by atoms with Crippen molar-refractivity contribution >= 4 is 17.7 Å². The monoisotopic (exact) mass is 347 g/mol. The minimum atomic E-state index is -0.590. The molecule has 0 radical (unpaired) electrons. The molecule has 1 atom stereocenters. The standard InChI is InChI=1S/C19H29N3O3/c1-6-20-17(24)13(2)22-16(23)11-12-21-18(25)14-7-9-15(10-8-14)19(3,4)5/h7-10,13H,6,11-12H2,1-5H3,(H,20,24)(H,21,25)(H,22,23)/t13-/m1/s1. The number of carbonyl (C=O) groups is 3. The lowest BCUT2D eigenvalue weighted by Crippen LogP contribution is -2.45. The second-order valence-corrected chi connectivity index (χ2v) is 7.02. The maximum atomic E-state index is 12.1. The molecule has 6 heteroatoms. The van der Waals surface area contributed by atoms with Crippen molar-refractivity contribution in [3.63, 3.8) is 0 Å². The first kappa shape index (κ1) is 20.7. The summed E-state index contributed by atoms with van der Waals surface area (Å²) >= 11 is 0. The summed E-state index contributed by atoms with van der Waals surface area (Å²) in [5.41, 5.74) is 1.75. The number of benzene rings is 1. The van der Waals surface area contributed by atoms with Crippen molar-refractivity contribution in [1.82, 2.24) is 16.0 Å². The molecule has 0 saturated carbocycles. The molecule has 0 heterocycles. The van der Waals surface area contributed by atoms with Crippen LogP contribution in [0.4, 0.5) is 0 Å². The first-order valence-electron chi connectivity index (χ1n) is 8.61. The molecule has 138 valence electrons. The van der Waals surface area contributed by atoms with E-state index in [1.165, 1.54) is 0 Å². The van der Waals surface area contributed by atoms with Gasteiger partial charge in [-0.15, -0.1) is 0 Å². The number of likely N-dealkylation sites (N-methyl/N-ethyl adjacent to an activating group) is 1. The predicted molar refractivity (Wildman–Crippen MR) is 98.4 cm³/mol. The van der Waals surface area contributed by atoms with Gasteiger partial charge >= 0.3 is 0 Å². The molecule has 6 nitrogen and oxygen atoms in total. The first-order chi connectivity index (χ1) is 11.6. The first-order valence-corrected chi connectivity index (χ1v) is 8.61. The zero-order chi connectivity index (χ0) is 19.0. The molecule has 3 N–H and O–H groups in total. The lowest BCUT2D eigenvalue weighted by molar-refractivity contribution is -0.128. The molecule has 1 rings (SSSR count). The molecule has 0 spiro atoms. The van der Waals surface area contributed by atoms with Crippen LogP contribution in [0.15, 0.2) is 24.3 Å². The van der Waals surface area contributed by atoms with Crippen LogP contribution in [-0.4, -0.2) is 36.9 Å².